The topological polar surface area (TPSA) is 53.5 Å². The molecule has 2 saturated heterocycles. The molecule has 1 N–H and O–H groups in total. The maximum Gasteiger partial charge on any atom is 0.151 e. The summed E-state index contributed by atoms with van der Waals surface area (Å²) in [4.78, 5) is 4.93. The summed E-state index contributed by atoms with van der Waals surface area (Å²) in [5.41, 5.74) is 0.438. The average Bonchev–Trinajstić information content (AvgIpc) is 3.19. The highest BCUT2D eigenvalue weighted by atomic mass is 16.5. The van der Waals surface area contributed by atoms with E-state index in [9.17, 15) is 0 Å². The predicted octanol–water partition coefficient (Wildman–Crippen LogP) is 2.87. The summed E-state index contributed by atoms with van der Waals surface area (Å²) in [5, 5.41) is 12.5. The van der Waals surface area contributed by atoms with Crippen LogP contribution in [-0.4, -0.2) is 67.1 Å². The van der Waals surface area contributed by atoms with Gasteiger partial charge in [-0.15, -0.1) is 10.2 Å². The van der Waals surface area contributed by atoms with Crippen LogP contribution in [-0.2, 0) is 4.74 Å². The monoisotopic (exact) mass is 373 g/mol. The molecule has 3 aliphatic rings. The molecule has 4 rings (SSSR count). The van der Waals surface area contributed by atoms with Crippen LogP contribution in [0.5, 0.6) is 0 Å². The lowest BCUT2D eigenvalue weighted by Gasteiger charge is -2.27. The standard InChI is InChI=1S/C21H35N5O/c1-21(2,3)6-7-25-14-16-12-18(13-17(16)15-25)22-19-4-5-20(24-23-19)26-8-10-27-11-9-26/h4-5,16-18H,6-15H2,1-3H3,(H,22,23)/t16-,17+,18+. The highest BCUT2D eigenvalue weighted by Crippen LogP contribution is 2.39. The Kier molecular flexibility index (Phi) is 5.55. The van der Waals surface area contributed by atoms with Crippen molar-refractivity contribution in [3.8, 4) is 0 Å². The molecule has 150 valence electrons. The number of nitrogens with one attached hydrogen (secondary N) is 1. The minimum absolute atomic E-state index is 0.438. The van der Waals surface area contributed by atoms with Crippen LogP contribution in [0, 0.1) is 17.3 Å². The second kappa shape index (κ2) is 7.92. The van der Waals surface area contributed by atoms with Gasteiger partial charge in [0.25, 0.3) is 0 Å². The molecule has 6 heteroatoms. The van der Waals surface area contributed by atoms with E-state index in [1.54, 1.807) is 0 Å². The fraction of sp³-hybridized carbons (Fsp3) is 0.810. The van der Waals surface area contributed by atoms with Gasteiger partial charge in [0.05, 0.1) is 13.2 Å². The summed E-state index contributed by atoms with van der Waals surface area (Å²) >= 11 is 0. The molecule has 0 aromatic carbocycles. The van der Waals surface area contributed by atoms with E-state index in [4.69, 9.17) is 4.74 Å². The molecule has 0 spiro atoms. The minimum Gasteiger partial charge on any atom is -0.378 e. The van der Waals surface area contributed by atoms with Crippen LogP contribution in [0.3, 0.4) is 0 Å². The van der Waals surface area contributed by atoms with Crippen molar-refractivity contribution in [1.82, 2.24) is 15.1 Å². The first-order chi connectivity index (χ1) is 13.0. The average molecular weight is 374 g/mol. The zero-order chi connectivity index (χ0) is 18.9. The Labute approximate surface area is 163 Å². The summed E-state index contributed by atoms with van der Waals surface area (Å²) in [6, 6.07) is 4.72. The van der Waals surface area contributed by atoms with Crippen LogP contribution in [0.1, 0.15) is 40.0 Å². The van der Waals surface area contributed by atoms with Crippen molar-refractivity contribution in [2.45, 2.75) is 46.1 Å². The highest BCUT2D eigenvalue weighted by Gasteiger charge is 2.40. The Bertz CT molecular complexity index is 594. The quantitative estimate of drug-likeness (QED) is 0.857. The fourth-order valence-electron chi connectivity index (χ4n) is 4.76. The second-order valence-corrected chi connectivity index (χ2v) is 9.78. The van der Waals surface area contributed by atoms with Gasteiger partial charge in [0.15, 0.2) is 5.82 Å². The van der Waals surface area contributed by atoms with E-state index in [-0.39, 0.29) is 0 Å². The maximum atomic E-state index is 5.40. The lowest BCUT2D eigenvalue weighted by molar-refractivity contribution is 0.122. The van der Waals surface area contributed by atoms with E-state index in [1.165, 1.54) is 38.9 Å². The van der Waals surface area contributed by atoms with Crippen LogP contribution in [0.25, 0.3) is 0 Å². The van der Waals surface area contributed by atoms with Crippen LogP contribution >= 0.6 is 0 Å². The molecule has 1 aromatic rings. The van der Waals surface area contributed by atoms with Crippen molar-refractivity contribution in [3.63, 3.8) is 0 Å². The smallest absolute Gasteiger partial charge is 0.151 e. The number of ether oxygens (including phenoxy) is 1. The van der Waals surface area contributed by atoms with Gasteiger partial charge in [0.2, 0.25) is 0 Å². The largest absolute Gasteiger partial charge is 0.378 e. The number of hydrogen-bond donors (Lipinski definition) is 1. The second-order valence-electron chi connectivity index (χ2n) is 9.78. The maximum absolute atomic E-state index is 5.40. The zero-order valence-corrected chi connectivity index (χ0v) is 17.2. The van der Waals surface area contributed by atoms with Crippen LogP contribution in [0.4, 0.5) is 11.6 Å². The molecule has 1 aliphatic carbocycles. The summed E-state index contributed by atoms with van der Waals surface area (Å²) in [6.07, 6.45) is 3.83. The normalized spacial score (nSPS) is 29.1. The molecule has 0 amide bonds. The van der Waals surface area contributed by atoms with Gasteiger partial charge in [-0.2, -0.15) is 0 Å². The Morgan fingerprint density at radius 2 is 1.78 bits per heavy atom. The van der Waals surface area contributed by atoms with E-state index in [0.717, 1.165) is 49.8 Å². The fourth-order valence-corrected chi connectivity index (χ4v) is 4.76. The van der Waals surface area contributed by atoms with Crippen molar-refractivity contribution in [1.29, 1.82) is 0 Å². The minimum atomic E-state index is 0.438. The van der Waals surface area contributed by atoms with Crippen molar-refractivity contribution < 1.29 is 4.74 Å². The number of nitrogens with zero attached hydrogens (tertiary/aromatic N) is 4. The lowest BCUT2D eigenvalue weighted by Crippen LogP contribution is -2.36. The molecule has 1 aromatic heterocycles. The summed E-state index contributed by atoms with van der Waals surface area (Å²) in [5.74, 6) is 3.58. The van der Waals surface area contributed by atoms with Gasteiger partial charge in [0, 0.05) is 32.2 Å². The van der Waals surface area contributed by atoms with Gasteiger partial charge < -0.3 is 19.9 Å². The Morgan fingerprint density at radius 1 is 1.07 bits per heavy atom. The number of fused-ring (bicyclic) bond motifs is 1. The third kappa shape index (κ3) is 4.91. The first-order valence-corrected chi connectivity index (χ1v) is 10.6. The summed E-state index contributed by atoms with van der Waals surface area (Å²) in [6.45, 7) is 14.2. The van der Waals surface area contributed by atoms with Crippen molar-refractivity contribution >= 4 is 11.6 Å². The highest BCUT2D eigenvalue weighted by molar-refractivity contribution is 5.44. The van der Waals surface area contributed by atoms with Crippen molar-refractivity contribution in [2.75, 3.05) is 56.2 Å². The molecular weight excluding hydrogens is 338 g/mol. The Hall–Kier alpha value is -1.40. The Balaban J connectivity index is 1.24. The number of hydrogen-bond acceptors (Lipinski definition) is 6. The first-order valence-electron chi connectivity index (χ1n) is 10.6. The van der Waals surface area contributed by atoms with Crippen molar-refractivity contribution in [2.24, 2.45) is 17.3 Å². The van der Waals surface area contributed by atoms with Gasteiger partial charge >= 0.3 is 0 Å². The van der Waals surface area contributed by atoms with Gasteiger partial charge in [-0.05, 0) is 55.2 Å². The number of rotatable bonds is 5. The molecule has 0 radical (unpaired) electrons. The van der Waals surface area contributed by atoms with Gasteiger partial charge in [-0.1, -0.05) is 20.8 Å². The molecule has 1 saturated carbocycles. The third-order valence-corrected chi connectivity index (χ3v) is 6.34. The van der Waals surface area contributed by atoms with Crippen LogP contribution in [0.15, 0.2) is 12.1 Å². The first kappa shape index (κ1) is 18.9. The molecule has 0 unspecified atom stereocenters. The van der Waals surface area contributed by atoms with E-state index in [1.807, 2.05) is 0 Å². The SMILES string of the molecule is CC(C)(C)CCN1C[C@H]2C[C@H](Nc3ccc(N4CCOCC4)nn3)C[C@H]2C1. The molecule has 3 fully saturated rings. The number of morpholine rings is 1. The van der Waals surface area contributed by atoms with Gasteiger partial charge in [-0.3, -0.25) is 0 Å². The zero-order valence-electron chi connectivity index (χ0n) is 17.2. The molecule has 6 nitrogen and oxygen atoms in total. The predicted molar refractivity (Wildman–Crippen MR) is 109 cm³/mol. The molecule has 27 heavy (non-hydrogen) atoms. The molecule has 3 atom stereocenters. The van der Waals surface area contributed by atoms with E-state index < -0.39 is 0 Å². The molecule has 3 heterocycles. The third-order valence-electron chi connectivity index (χ3n) is 6.34. The van der Waals surface area contributed by atoms with Gasteiger partial charge in [-0.25, -0.2) is 0 Å². The lowest BCUT2D eigenvalue weighted by atomic mass is 9.92. The number of aromatic nitrogens is 2. The summed E-state index contributed by atoms with van der Waals surface area (Å²) in [7, 11) is 0. The molecule has 0 bridgehead atoms. The van der Waals surface area contributed by atoms with E-state index in [2.05, 4.69) is 58.2 Å². The molecule has 2 aliphatic heterocycles. The molecular formula is C21H35N5O. The van der Waals surface area contributed by atoms with Gasteiger partial charge in [0.1, 0.15) is 5.82 Å². The van der Waals surface area contributed by atoms with E-state index >= 15 is 0 Å². The number of anilines is 2. The van der Waals surface area contributed by atoms with Crippen LogP contribution < -0.4 is 10.2 Å². The Morgan fingerprint density at radius 3 is 2.37 bits per heavy atom. The number of likely N-dealkylation sites (tertiary alicyclic amines) is 1. The van der Waals surface area contributed by atoms with E-state index in [0.29, 0.717) is 11.5 Å². The summed E-state index contributed by atoms with van der Waals surface area (Å²) < 4.78 is 5.40. The van der Waals surface area contributed by atoms with Crippen molar-refractivity contribution in [3.05, 3.63) is 12.1 Å². The van der Waals surface area contributed by atoms with Crippen LogP contribution in [0.2, 0.25) is 0 Å².